The van der Waals surface area contributed by atoms with Crippen molar-refractivity contribution in [1.82, 2.24) is 4.98 Å². The predicted octanol–water partition coefficient (Wildman–Crippen LogP) is 7.05. The summed E-state index contributed by atoms with van der Waals surface area (Å²) in [5, 5.41) is 15.1. The molecule has 0 fully saturated rings. The zero-order valence-electron chi connectivity index (χ0n) is 14.0. The number of aromatic nitrogens is 1. The number of anilines is 1. The quantitative estimate of drug-likeness (QED) is 0.343. The largest absolute Gasteiger partial charge is 0.446 e. The normalized spacial score (nSPS) is 11.9. The maximum atomic E-state index is 12.7. The van der Waals surface area contributed by atoms with Crippen LogP contribution in [0.15, 0.2) is 65.0 Å². The molecule has 0 aliphatic rings. The Balaban J connectivity index is 1.83. The molecule has 1 N–H and O–H groups in total. The second-order valence-corrected chi connectivity index (χ2v) is 7.80. The summed E-state index contributed by atoms with van der Waals surface area (Å²) in [7, 11) is 0. The third-order valence-corrected chi connectivity index (χ3v) is 5.41. The van der Waals surface area contributed by atoms with Gasteiger partial charge in [0.15, 0.2) is 0 Å². The van der Waals surface area contributed by atoms with Crippen LogP contribution >= 0.6 is 34.7 Å². The van der Waals surface area contributed by atoms with E-state index in [2.05, 4.69) is 10.3 Å². The monoisotopic (exact) mass is 437 g/mol. The lowest BCUT2D eigenvalue weighted by atomic mass is 10.2. The maximum absolute atomic E-state index is 12.7. The Bertz CT molecular complexity index is 1040. The molecule has 0 saturated carbocycles. The molecule has 0 amide bonds. The van der Waals surface area contributed by atoms with Crippen LogP contribution in [0.25, 0.3) is 16.8 Å². The van der Waals surface area contributed by atoms with Crippen molar-refractivity contribution in [3.63, 3.8) is 0 Å². The smallest absolute Gasteiger partial charge is 0.359 e. The van der Waals surface area contributed by atoms with Crippen molar-refractivity contribution >= 4 is 46.0 Å². The summed E-state index contributed by atoms with van der Waals surface area (Å²) < 4.78 is 38.1. The molecule has 1 heterocycles. The maximum Gasteiger partial charge on any atom is 0.446 e. The van der Waals surface area contributed by atoms with Crippen LogP contribution in [-0.2, 0) is 0 Å². The molecule has 0 aliphatic carbocycles. The van der Waals surface area contributed by atoms with Crippen molar-refractivity contribution in [1.29, 1.82) is 5.26 Å². The average Bonchev–Trinajstić information content (AvgIpc) is 3.13. The fraction of sp³-hybridized carbons (Fsp3) is 0.0526. The standard InChI is InChI=1S/C19H11ClF3N3S2/c20-14-7-5-12(6-8-14)16-11-27-18(26-16)13(9-24)10-25-15-3-1-2-4-17(15)28-19(21,22)23/h1-8,10-11,25H. The molecule has 3 aromatic rings. The number of nitrogens with zero attached hydrogens (tertiary/aromatic N) is 2. The van der Waals surface area contributed by atoms with Gasteiger partial charge in [-0.1, -0.05) is 35.9 Å². The topological polar surface area (TPSA) is 48.7 Å². The van der Waals surface area contributed by atoms with E-state index in [0.717, 1.165) is 5.56 Å². The highest BCUT2D eigenvalue weighted by Crippen LogP contribution is 2.40. The number of thiazole rings is 1. The molecule has 9 heteroatoms. The fourth-order valence-corrected chi connectivity index (χ4v) is 3.80. The molecule has 28 heavy (non-hydrogen) atoms. The van der Waals surface area contributed by atoms with Gasteiger partial charge in [0.2, 0.25) is 0 Å². The molecule has 3 rings (SSSR count). The molecule has 0 aliphatic heterocycles. The lowest BCUT2D eigenvalue weighted by Crippen LogP contribution is -2.01. The van der Waals surface area contributed by atoms with Crippen LogP contribution in [0, 0.1) is 11.3 Å². The first-order valence-corrected chi connectivity index (χ1v) is 9.86. The van der Waals surface area contributed by atoms with Crippen LogP contribution in [0.1, 0.15) is 5.01 Å². The van der Waals surface area contributed by atoms with Crippen LogP contribution in [-0.4, -0.2) is 10.5 Å². The molecular weight excluding hydrogens is 427 g/mol. The zero-order chi connectivity index (χ0) is 20.1. The van der Waals surface area contributed by atoms with E-state index in [1.54, 1.807) is 23.6 Å². The van der Waals surface area contributed by atoms with E-state index in [4.69, 9.17) is 11.6 Å². The summed E-state index contributed by atoms with van der Waals surface area (Å²) in [5.41, 5.74) is -2.39. The summed E-state index contributed by atoms with van der Waals surface area (Å²) in [6, 6.07) is 15.2. The highest BCUT2D eigenvalue weighted by atomic mass is 35.5. The minimum absolute atomic E-state index is 0.0181. The van der Waals surface area contributed by atoms with Crippen molar-refractivity contribution in [2.24, 2.45) is 0 Å². The summed E-state index contributed by atoms with van der Waals surface area (Å²) >= 11 is 6.94. The molecule has 2 aromatic carbocycles. The lowest BCUT2D eigenvalue weighted by molar-refractivity contribution is -0.0327. The summed E-state index contributed by atoms with van der Waals surface area (Å²) in [6.07, 6.45) is 1.36. The first-order valence-electron chi connectivity index (χ1n) is 7.79. The number of para-hydroxylation sites is 1. The Morgan fingerprint density at radius 1 is 1.18 bits per heavy atom. The molecule has 0 bridgehead atoms. The van der Waals surface area contributed by atoms with Gasteiger partial charge in [0.1, 0.15) is 16.6 Å². The van der Waals surface area contributed by atoms with E-state index < -0.39 is 5.51 Å². The second kappa shape index (κ2) is 8.69. The Kier molecular flexibility index (Phi) is 6.29. The number of thioether (sulfide) groups is 1. The molecule has 0 unspecified atom stereocenters. The molecule has 0 saturated heterocycles. The number of allylic oxidation sites excluding steroid dienone is 1. The lowest BCUT2D eigenvalue weighted by Gasteiger charge is -2.10. The molecule has 142 valence electrons. The van der Waals surface area contributed by atoms with Crippen LogP contribution in [0.3, 0.4) is 0 Å². The van der Waals surface area contributed by atoms with Gasteiger partial charge in [0, 0.05) is 27.1 Å². The molecule has 0 atom stereocenters. The highest BCUT2D eigenvalue weighted by molar-refractivity contribution is 8.00. The summed E-state index contributed by atoms with van der Waals surface area (Å²) in [5.74, 6) is 0. The van der Waals surface area contributed by atoms with Gasteiger partial charge in [-0.25, -0.2) is 4.98 Å². The average molecular weight is 438 g/mol. The number of nitriles is 1. The first kappa shape index (κ1) is 20.3. The number of halogens is 4. The van der Waals surface area contributed by atoms with Crippen molar-refractivity contribution in [3.05, 3.63) is 70.1 Å². The van der Waals surface area contributed by atoms with Gasteiger partial charge in [-0.2, -0.15) is 18.4 Å². The molecule has 3 nitrogen and oxygen atoms in total. The number of rotatable bonds is 5. The number of hydrogen-bond donors (Lipinski definition) is 1. The number of benzene rings is 2. The first-order chi connectivity index (χ1) is 13.4. The van der Waals surface area contributed by atoms with E-state index in [1.165, 1.54) is 35.7 Å². The number of hydrogen-bond acceptors (Lipinski definition) is 5. The Hall–Kier alpha value is -2.47. The van der Waals surface area contributed by atoms with Gasteiger partial charge in [-0.15, -0.1) is 11.3 Å². The molecule has 0 radical (unpaired) electrons. The minimum atomic E-state index is -4.40. The van der Waals surface area contributed by atoms with Crippen molar-refractivity contribution in [3.8, 4) is 17.3 Å². The van der Waals surface area contributed by atoms with Crippen LogP contribution in [0.5, 0.6) is 0 Å². The molecular formula is C19H11ClF3N3S2. The van der Waals surface area contributed by atoms with Crippen molar-refractivity contribution < 1.29 is 13.2 Å². The summed E-state index contributed by atoms with van der Waals surface area (Å²) in [4.78, 5) is 4.45. The van der Waals surface area contributed by atoms with Crippen molar-refractivity contribution in [2.45, 2.75) is 10.4 Å². The van der Waals surface area contributed by atoms with E-state index >= 15 is 0 Å². The van der Waals surface area contributed by atoms with Crippen LogP contribution in [0.4, 0.5) is 18.9 Å². The zero-order valence-corrected chi connectivity index (χ0v) is 16.4. The van der Waals surface area contributed by atoms with Gasteiger partial charge < -0.3 is 5.32 Å². The third kappa shape index (κ3) is 5.29. The Morgan fingerprint density at radius 3 is 2.57 bits per heavy atom. The predicted molar refractivity (Wildman–Crippen MR) is 108 cm³/mol. The number of alkyl halides is 3. The Morgan fingerprint density at radius 2 is 1.89 bits per heavy atom. The third-order valence-electron chi connectivity index (χ3n) is 3.48. The van der Waals surface area contributed by atoms with Gasteiger partial charge in [-0.3, -0.25) is 0 Å². The van der Waals surface area contributed by atoms with Gasteiger partial charge in [-0.05, 0) is 36.0 Å². The van der Waals surface area contributed by atoms with E-state index in [9.17, 15) is 18.4 Å². The summed E-state index contributed by atoms with van der Waals surface area (Å²) in [6.45, 7) is 0. The van der Waals surface area contributed by atoms with Gasteiger partial charge in [0.25, 0.3) is 0 Å². The second-order valence-electron chi connectivity index (χ2n) is 5.40. The molecule has 0 spiro atoms. The molecule has 1 aromatic heterocycles. The van der Waals surface area contributed by atoms with Gasteiger partial charge >= 0.3 is 5.51 Å². The Labute approximate surface area is 172 Å². The van der Waals surface area contributed by atoms with Crippen LogP contribution in [0.2, 0.25) is 5.02 Å². The fourth-order valence-electron chi connectivity index (χ4n) is 2.24. The minimum Gasteiger partial charge on any atom is -0.359 e. The van der Waals surface area contributed by atoms with Gasteiger partial charge in [0.05, 0.1) is 11.4 Å². The SMILES string of the molecule is N#CC(=CNc1ccccc1SC(F)(F)F)c1nc(-c2ccc(Cl)cc2)cs1. The van der Waals surface area contributed by atoms with Crippen molar-refractivity contribution in [2.75, 3.05) is 5.32 Å². The van der Waals surface area contributed by atoms with Crippen LogP contribution < -0.4 is 5.32 Å². The van der Waals surface area contributed by atoms with E-state index in [-0.39, 0.29) is 27.9 Å². The highest BCUT2D eigenvalue weighted by Gasteiger charge is 2.30. The van der Waals surface area contributed by atoms with E-state index in [0.29, 0.717) is 15.7 Å². The number of nitrogens with one attached hydrogen (secondary N) is 1. The van der Waals surface area contributed by atoms with E-state index in [1.807, 2.05) is 18.2 Å².